The highest BCUT2D eigenvalue weighted by Crippen LogP contribution is 2.00. The van der Waals surface area contributed by atoms with Gasteiger partial charge in [0.25, 0.3) is 0 Å². The molecule has 1 rings (SSSR count). The summed E-state index contributed by atoms with van der Waals surface area (Å²) < 4.78 is 7.62. The summed E-state index contributed by atoms with van der Waals surface area (Å²) in [4.78, 5) is 0. The lowest BCUT2D eigenvalue weighted by atomic mass is 10.3. The molecule has 0 saturated carbocycles. The van der Waals surface area contributed by atoms with Gasteiger partial charge in [-0.25, -0.2) is 0 Å². The van der Waals surface area contributed by atoms with Crippen molar-refractivity contribution in [3.05, 3.63) is 24.0 Å². The van der Waals surface area contributed by atoms with E-state index in [0.29, 0.717) is 6.10 Å². The Balaban J connectivity index is 2.19. The molecule has 0 bridgehead atoms. The molecule has 0 spiro atoms. The zero-order valence-electron chi connectivity index (χ0n) is 9.99. The molecule has 15 heavy (non-hydrogen) atoms. The lowest BCUT2D eigenvalue weighted by Crippen LogP contribution is -2.26. The maximum Gasteiger partial charge on any atom is 0.0671 e. The molecule has 1 unspecified atom stereocenters. The van der Waals surface area contributed by atoms with Crippen molar-refractivity contribution in [2.75, 3.05) is 13.2 Å². The van der Waals surface area contributed by atoms with Crippen LogP contribution in [0.3, 0.4) is 0 Å². The van der Waals surface area contributed by atoms with E-state index >= 15 is 0 Å². The SMILES string of the molecule is CCOC(C)CNCc1ccn(CC)c1. The molecule has 86 valence electrons. The minimum absolute atomic E-state index is 0.295. The minimum Gasteiger partial charge on any atom is -0.377 e. The van der Waals surface area contributed by atoms with Crippen LogP contribution in [-0.4, -0.2) is 23.8 Å². The standard InChI is InChI=1S/C12H22N2O/c1-4-14-7-6-12(10-14)9-13-8-11(3)15-5-2/h6-7,10-11,13H,4-5,8-9H2,1-3H3. The van der Waals surface area contributed by atoms with Crippen molar-refractivity contribution in [3.63, 3.8) is 0 Å². The second kappa shape index (κ2) is 6.64. The van der Waals surface area contributed by atoms with Crippen LogP contribution in [0.1, 0.15) is 26.3 Å². The lowest BCUT2D eigenvalue weighted by Gasteiger charge is -2.11. The summed E-state index contributed by atoms with van der Waals surface area (Å²) >= 11 is 0. The summed E-state index contributed by atoms with van der Waals surface area (Å²) in [6.45, 7) is 9.92. The van der Waals surface area contributed by atoms with Gasteiger partial charge in [-0.3, -0.25) is 0 Å². The van der Waals surface area contributed by atoms with Crippen LogP contribution in [0.15, 0.2) is 18.5 Å². The molecule has 0 radical (unpaired) electrons. The van der Waals surface area contributed by atoms with E-state index in [9.17, 15) is 0 Å². The number of rotatable bonds is 7. The number of hydrogen-bond donors (Lipinski definition) is 1. The topological polar surface area (TPSA) is 26.2 Å². The Morgan fingerprint density at radius 3 is 2.87 bits per heavy atom. The van der Waals surface area contributed by atoms with Crippen LogP contribution in [0.5, 0.6) is 0 Å². The van der Waals surface area contributed by atoms with Crippen LogP contribution < -0.4 is 5.32 Å². The van der Waals surface area contributed by atoms with Crippen molar-refractivity contribution >= 4 is 0 Å². The zero-order valence-corrected chi connectivity index (χ0v) is 9.99. The van der Waals surface area contributed by atoms with E-state index in [2.05, 4.69) is 42.2 Å². The number of ether oxygens (including phenoxy) is 1. The van der Waals surface area contributed by atoms with E-state index < -0.39 is 0 Å². The van der Waals surface area contributed by atoms with Crippen molar-refractivity contribution < 1.29 is 4.74 Å². The second-order valence-corrected chi connectivity index (χ2v) is 3.75. The van der Waals surface area contributed by atoms with Gasteiger partial charge in [0.1, 0.15) is 0 Å². The van der Waals surface area contributed by atoms with Gasteiger partial charge in [0.2, 0.25) is 0 Å². The van der Waals surface area contributed by atoms with Gasteiger partial charge in [-0.1, -0.05) is 0 Å². The van der Waals surface area contributed by atoms with Crippen LogP contribution >= 0.6 is 0 Å². The molecule has 1 atom stereocenters. The van der Waals surface area contributed by atoms with Gasteiger partial charge in [0.15, 0.2) is 0 Å². The number of aryl methyl sites for hydroxylation is 1. The summed E-state index contributed by atoms with van der Waals surface area (Å²) in [5.74, 6) is 0. The molecule has 0 aliphatic heterocycles. The molecule has 0 aliphatic carbocycles. The summed E-state index contributed by atoms with van der Waals surface area (Å²) in [5, 5.41) is 3.39. The van der Waals surface area contributed by atoms with E-state index in [1.807, 2.05) is 6.92 Å². The first-order valence-corrected chi connectivity index (χ1v) is 5.73. The van der Waals surface area contributed by atoms with E-state index in [4.69, 9.17) is 4.74 Å². The van der Waals surface area contributed by atoms with Gasteiger partial charge in [0, 0.05) is 38.6 Å². The summed E-state index contributed by atoms with van der Waals surface area (Å²) in [6.07, 6.45) is 4.59. The molecule has 1 N–H and O–H groups in total. The lowest BCUT2D eigenvalue weighted by molar-refractivity contribution is 0.0759. The summed E-state index contributed by atoms with van der Waals surface area (Å²) in [7, 11) is 0. The average molecular weight is 210 g/mol. The zero-order chi connectivity index (χ0) is 11.1. The molecule has 0 aliphatic rings. The third kappa shape index (κ3) is 4.49. The fraction of sp³-hybridized carbons (Fsp3) is 0.667. The Morgan fingerprint density at radius 1 is 1.47 bits per heavy atom. The largest absolute Gasteiger partial charge is 0.377 e. The number of nitrogens with one attached hydrogen (secondary N) is 1. The normalized spacial score (nSPS) is 13.0. The van der Waals surface area contributed by atoms with Gasteiger partial charge in [-0.15, -0.1) is 0 Å². The minimum atomic E-state index is 0.295. The predicted molar refractivity (Wildman–Crippen MR) is 62.9 cm³/mol. The first-order valence-electron chi connectivity index (χ1n) is 5.73. The Kier molecular flexibility index (Phi) is 5.43. The predicted octanol–water partition coefficient (Wildman–Crippen LogP) is 2.02. The smallest absolute Gasteiger partial charge is 0.0671 e. The Bertz CT molecular complexity index is 270. The van der Waals surface area contributed by atoms with Crippen molar-refractivity contribution in [3.8, 4) is 0 Å². The maximum atomic E-state index is 5.44. The van der Waals surface area contributed by atoms with Crippen LogP contribution in [0.2, 0.25) is 0 Å². The molecule has 1 aromatic heterocycles. The fourth-order valence-corrected chi connectivity index (χ4v) is 1.56. The maximum absolute atomic E-state index is 5.44. The third-order valence-corrected chi connectivity index (χ3v) is 2.39. The highest BCUT2D eigenvalue weighted by Gasteiger charge is 2.00. The molecule has 0 fully saturated rings. The average Bonchev–Trinajstić information content (AvgIpc) is 2.66. The van der Waals surface area contributed by atoms with Gasteiger partial charge >= 0.3 is 0 Å². The highest BCUT2D eigenvalue weighted by atomic mass is 16.5. The first-order chi connectivity index (χ1) is 7.26. The number of nitrogens with zero attached hydrogens (tertiary/aromatic N) is 1. The highest BCUT2D eigenvalue weighted by molar-refractivity contribution is 5.09. The molecule has 1 aromatic rings. The van der Waals surface area contributed by atoms with Crippen LogP contribution in [0.4, 0.5) is 0 Å². The van der Waals surface area contributed by atoms with Crippen molar-refractivity contribution in [1.29, 1.82) is 0 Å². The monoisotopic (exact) mass is 210 g/mol. The molecule has 0 amide bonds. The molecule has 3 heteroatoms. The molecule has 0 saturated heterocycles. The second-order valence-electron chi connectivity index (χ2n) is 3.75. The molecule has 1 heterocycles. The quantitative estimate of drug-likeness (QED) is 0.745. The van der Waals surface area contributed by atoms with Crippen molar-refractivity contribution in [2.45, 2.75) is 40.0 Å². The fourth-order valence-electron chi connectivity index (χ4n) is 1.56. The van der Waals surface area contributed by atoms with Crippen LogP contribution in [0.25, 0.3) is 0 Å². The van der Waals surface area contributed by atoms with Crippen LogP contribution in [-0.2, 0) is 17.8 Å². The van der Waals surface area contributed by atoms with E-state index in [-0.39, 0.29) is 0 Å². The van der Waals surface area contributed by atoms with Gasteiger partial charge in [-0.05, 0) is 32.4 Å². The summed E-state index contributed by atoms with van der Waals surface area (Å²) in [6, 6.07) is 2.15. The van der Waals surface area contributed by atoms with Gasteiger partial charge < -0.3 is 14.6 Å². The van der Waals surface area contributed by atoms with Crippen molar-refractivity contribution in [2.24, 2.45) is 0 Å². The number of hydrogen-bond acceptors (Lipinski definition) is 2. The molecular formula is C12H22N2O. The number of aromatic nitrogens is 1. The van der Waals surface area contributed by atoms with Crippen molar-refractivity contribution in [1.82, 2.24) is 9.88 Å². The van der Waals surface area contributed by atoms with E-state index in [0.717, 1.165) is 26.2 Å². The Labute approximate surface area is 92.4 Å². The van der Waals surface area contributed by atoms with Gasteiger partial charge in [-0.2, -0.15) is 0 Å². The van der Waals surface area contributed by atoms with Crippen LogP contribution in [0, 0.1) is 0 Å². The van der Waals surface area contributed by atoms with Gasteiger partial charge in [0.05, 0.1) is 6.10 Å². The molecule has 3 nitrogen and oxygen atoms in total. The van der Waals surface area contributed by atoms with E-state index in [1.165, 1.54) is 5.56 Å². The first kappa shape index (κ1) is 12.3. The molecular weight excluding hydrogens is 188 g/mol. The third-order valence-electron chi connectivity index (χ3n) is 2.39. The Hall–Kier alpha value is -0.800. The Morgan fingerprint density at radius 2 is 2.27 bits per heavy atom. The molecule has 0 aromatic carbocycles. The van der Waals surface area contributed by atoms with E-state index in [1.54, 1.807) is 0 Å². The summed E-state index contributed by atoms with van der Waals surface area (Å²) in [5.41, 5.74) is 1.33.